The van der Waals surface area contributed by atoms with Crippen LogP contribution in [0.3, 0.4) is 0 Å². The number of aliphatic carboxylic acids is 1. The monoisotopic (exact) mass is 256 g/mol. The molecule has 6 nitrogen and oxygen atoms in total. The van der Waals surface area contributed by atoms with Crippen LogP contribution >= 0.6 is 0 Å². The Balaban J connectivity index is 1.92. The van der Waals surface area contributed by atoms with Crippen LogP contribution in [0.5, 0.6) is 0 Å². The zero-order valence-corrected chi connectivity index (χ0v) is 10.7. The summed E-state index contributed by atoms with van der Waals surface area (Å²) in [5.41, 5.74) is 0. The van der Waals surface area contributed by atoms with Crippen LogP contribution in [-0.4, -0.2) is 65.3 Å². The minimum Gasteiger partial charge on any atom is -0.481 e. The van der Waals surface area contributed by atoms with E-state index in [0.717, 1.165) is 12.8 Å². The molecule has 1 unspecified atom stereocenters. The lowest BCUT2D eigenvalue weighted by Crippen LogP contribution is -2.51. The summed E-state index contributed by atoms with van der Waals surface area (Å²) in [5.74, 6) is -0.858. The van der Waals surface area contributed by atoms with E-state index in [0.29, 0.717) is 26.2 Å². The molecule has 1 aliphatic heterocycles. The van der Waals surface area contributed by atoms with E-state index < -0.39 is 5.97 Å². The minimum atomic E-state index is -0.858. The Kier molecular flexibility index (Phi) is 4.06. The standard InChI is InChI=1S/C12H20N2O4/c1-9-8-13(6-7-18-9)12(17)14(10-2-3-10)5-4-11(15)16/h9-10H,2-8H2,1H3,(H,15,16). The van der Waals surface area contributed by atoms with Crippen LogP contribution in [0.1, 0.15) is 26.2 Å². The molecule has 0 aromatic heterocycles. The summed E-state index contributed by atoms with van der Waals surface area (Å²) in [5, 5.41) is 8.73. The first-order chi connectivity index (χ1) is 8.58. The van der Waals surface area contributed by atoms with Gasteiger partial charge in [0.2, 0.25) is 0 Å². The molecule has 2 amide bonds. The maximum absolute atomic E-state index is 12.3. The van der Waals surface area contributed by atoms with Gasteiger partial charge in [-0.25, -0.2) is 4.79 Å². The number of rotatable bonds is 4. The van der Waals surface area contributed by atoms with Crippen molar-refractivity contribution in [3.8, 4) is 0 Å². The zero-order valence-electron chi connectivity index (χ0n) is 10.7. The normalized spacial score (nSPS) is 23.8. The fraction of sp³-hybridized carbons (Fsp3) is 0.833. The lowest BCUT2D eigenvalue weighted by Gasteiger charge is -2.35. The topological polar surface area (TPSA) is 70.1 Å². The SMILES string of the molecule is CC1CN(C(=O)N(CCC(=O)O)C2CC2)CCO1. The first-order valence-electron chi connectivity index (χ1n) is 6.47. The molecular weight excluding hydrogens is 236 g/mol. The van der Waals surface area contributed by atoms with Crippen LogP contribution in [0.2, 0.25) is 0 Å². The Morgan fingerprint density at radius 2 is 2.17 bits per heavy atom. The van der Waals surface area contributed by atoms with Crippen molar-refractivity contribution in [2.45, 2.75) is 38.3 Å². The molecule has 1 N–H and O–H groups in total. The predicted molar refractivity (Wildman–Crippen MR) is 64.4 cm³/mol. The Bertz CT molecular complexity index is 330. The molecular formula is C12H20N2O4. The van der Waals surface area contributed by atoms with E-state index in [-0.39, 0.29) is 24.6 Å². The molecule has 2 fully saturated rings. The van der Waals surface area contributed by atoms with Crippen molar-refractivity contribution >= 4 is 12.0 Å². The summed E-state index contributed by atoms with van der Waals surface area (Å²) >= 11 is 0. The summed E-state index contributed by atoms with van der Waals surface area (Å²) in [6.45, 7) is 4.00. The average molecular weight is 256 g/mol. The van der Waals surface area contributed by atoms with Crippen LogP contribution in [0, 0.1) is 0 Å². The predicted octanol–water partition coefficient (Wildman–Crippen LogP) is 0.766. The van der Waals surface area contributed by atoms with E-state index in [1.54, 1.807) is 9.80 Å². The number of ether oxygens (including phenoxy) is 1. The lowest BCUT2D eigenvalue weighted by molar-refractivity contribution is -0.137. The Morgan fingerprint density at radius 1 is 1.44 bits per heavy atom. The summed E-state index contributed by atoms with van der Waals surface area (Å²) < 4.78 is 5.41. The number of hydrogen-bond acceptors (Lipinski definition) is 3. The molecule has 0 aromatic rings. The van der Waals surface area contributed by atoms with Crippen molar-refractivity contribution < 1.29 is 19.4 Å². The maximum Gasteiger partial charge on any atom is 0.320 e. The second kappa shape index (κ2) is 5.56. The molecule has 1 aliphatic carbocycles. The largest absolute Gasteiger partial charge is 0.481 e. The molecule has 1 atom stereocenters. The molecule has 0 spiro atoms. The van der Waals surface area contributed by atoms with Crippen molar-refractivity contribution in [1.82, 2.24) is 9.80 Å². The zero-order chi connectivity index (χ0) is 13.1. The second-order valence-corrected chi connectivity index (χ2v) is 4.98. The van der Waals surface area contributed by atoms with Crippen molar-refractivity contribution in [2.24, 2.45) is 0 Å². The number of carbonyl (C=O) groups is 2. The molecule has 2 rings (SSSR count). The van der Waals surface area contributed by atoms with E-state index >= 15 is 0 Å². The average Bonchev–Trinajstić information content (AvgIpc) is 3.13. The molecule has 0 aromatic carbocycles. The van der Waals surface area contributed by atoms with E-state index in [1.165, 1.54) is 0 Å². The quantitative estimate of drug-likeness (QED) is 0.806. The van der Waals surface area contributed by atoms with Gasteiger partial charge in [-0.2, -0.15) is 0 Å². The number of carboxylic acid groups (broad SMARTS) is 1. The lowest BCUT2D eigenvalue weighted by atomic mass is 10.3. The number of urea groups is 1. The van der Waals surface area contributed by atoms with Crippen LogP contribution in [0.4, 0.5) is 4.79 Å². The summed E-state index contributed by atoms with van der Waals surface area (Å²) in [7, 11) is 0. The maximum atomic E-state index is 12.3. The fourth-order valence-corrected chi connectivity index (χ4v) is 2.21. The van der Waals surface area contributed by atoms with Crippen molar-refractivity contribution in [1.29, 1.82) is 0 Å². The van der Waals surface area contributed by atoms with Crippen molar-refractivity contribution in [3.63, 3.8) is 0 Å². The van der Waals surface area contributed by atoms with Gasteiger partial charge in [0.15, 0.2) is 0 Å². The van der Waals surface area contributed by atoms with Gasteiger partial charge in [0.25, 0.3) is 0 Å². The van der Waals surface area contributed by atoms with Gasteiger partial charge >= 0.3 is 12.0 Å². The third-order valence-electron chi connectivity index (χ3n) is 3.31. The number of carbonyl (C=O) groups excluding carboxylic acids is 1. The minimum absolute atomic E-state index is 0.0160. The highest BCUT2D eigenvalue weighted by molar-refractivity contribution is 5.76. The van der Waals surface area contributed by atoms with Crippen LogP contribution < -0.4 is 0 Å². The van der Waals surface area contributed by atoms with E-state index in [4.69, 9.17) is 9.84 Å². The Morgan fingerprint density at radius 3 is 2.72 bits per heavy atom. The van der Waals surface area contributed by atoms with E-state index in [9.17, 15) is 9.59 Å². The highest BCUT2D eigenvalue weighted by Crippen LogP contribution is 2.28. The smallest absolute Gasteiger partial charge is 0.320 e. The van der Waals surface area contributed by atoms with Gasteiger partial charge < -0.3 is 19.6 Å². The van der Waals surface area contributed by atoms with Gasteiger partial charge in [-0.1, -0.05) is 0 Å². The first kappa shape index (κ1) is 13.1. The van der Waals surface area contributed by atoms with Gasteiger partial charge in [-0.15, -0.1) is 0 Å². The van der Waals surface area contributed by atoms with Gasteiger partial charge in [0, 0.05) is 25.7 Å². The van der Waals surface area contributed by atoms with Crippen molar-refractivity contribution in [3.05, 3.63) is 0 Å². The van der Waals surface area contributed by atoms with Crippen LogP contribution in [0.15, 0.2) is 0 Å². The fourth-order valence-electron chi connectivity index (χ4n) is 2.21. The van der Waals surface area contributed by atoms with Crippen molar-refractivity contribution in [2.75, 3.05) is 26.2 Å². The van der Waals surface area contributed by atoms with Crippen LogP contribution in [-0.2, 0) is 9.53 Å². The first-order valence-corrected chi connectivity index (χ1v) is 6.47. The van der Waals surface area contributed by atoms with Gasteiger partial charge in [0.1, 0.15) is 0 Å². The number of morpholine rings is 1. The summed E-state index contributed by atoms with van der Waals surface area (Å²) in [6, 6.07) is 0.212. The molecule has 2 aliphatic rings. The van der Waals surface area contributed by atoms with E-state index in [1.807, 2.05) is 6.92 Å². The number of carboxylic acids is 1. The molecule has 1 saturated carbocycles. The third-order valence-corrected chi connectivity index (χ3v) is 3.31. The molecule has 0 radical (unpaired) electrons. The third kappa shape index (κ3) is 3.35. The number of hydrogen-bond donors (Lipinski definition) is 1. The molecule has 0 bridgehead atoms. The Hall–Kier alpha value is -1.30. The van der Waals surface area contributed by atoms with E-state index in [2.05, 4.69) is 0 Å². The van der Waals surface area contributed by atoms with Crippen LogP contribution in [0.25, 0.3) is 0 Å². The molecule has 1 heterocycles. The summed E-state index contributed by atoms with van der Waals surface area (Å²) in [4.78, 5) is 26.5. The molecule has 1 saturated heterocycles. The number of amides is 2. The molecule has 18 heavy (non-hydrogen) atoms. The molecule has 6 heteroatoms. The molecule has 102 valence electrons. The Labute approximate surface area is 106 Å². The highest BCUT2D eigenvalue weighted by Gasteiger charge is 2.35. The van der Waals surface area contributed by atoms with Gasteiger partial charge in [-0.3, -0.25) is 4.79 Å². The number of nitrogens with zero attached hydrogens (tertiary/aromatic N) is 2. The van der Waals surface area contributed by atoms with Gasteiger partial charge in [-0.05, 0) is 19.8 Å². The summed E-state index contributed by atoms with van der Waals surface area (Å²) in [6.07, 6.45) is 2.06. The highest BCUT2D eigenvalue weighted by atomic mass is 16.5. The van der Waals surface area contributed by atoms with Gasteiger partial charge in [0.05, 0.1) is 19.1 Å². The second-order valence-electron chi connectivity index (χ2n) is 4.98.